The Morgan fingerprint density at radius 2 is 2.00 bits per heavy atom. The van der Waals surface area contributed by atoms with Crippen LogP contribution in [-0.4, -0.2) is 22.9 Å². The van der Waals surface area contributed by atoms with Crippen LogP contribution in [0.3, 0.4) is 0 Å². The van der Waals surface area contributed by atoms with Crippen LogP contribution < -0.4 is 5.73 Å². The van der Waals surface area contributed by atoms with Gasteiger partial charge in [-0.2, -0.15) is 0 Å². The fourth-order valence-electron chi connectivity index (χ4n) is 2.80. The summed E-state index contributed by atoms with van der Waals surface area (Å²) in [5.74, 6) is 0.144. The Bertz CT molecular complexity index is 420. The molecule has 3 heteroatoms. The van der Waals surface area contributed by atoms with E-state index in [1.54, 1.807) is 0 Å². The Hall–Kier alpha value is -1.35. The summed E-state index contributed by atoms with van der Waals surface area (Å²) in [5.41, 5.74) is 7.40. The molecule has 2 N–H and O–H groups in total. The normalized spacial score (nSPS) is 24.1. The average molecular weight is 246 g/mol. The third kappa shape index (κ3) is 2.56. The van der Waals surface area contributed by atoms with Gasteiger partial charge >= 0.3 is 0 Å². The summed E-state index contributed by atoms with van der Waals surface area (Å²) < 4.78 is 0. The fraction of sp³-hybridized carbons (Fsp3) is 0.533. The van der Waals surface area contributed by atoms with Crippen molar-refractivity contribution in [3.63, 3.8) is 0 Å². The molecule has 1 heterocycles. The molecule has 1 aromatic carbocycles. The van der Waals surface area contributed by atoms with Gasteiger partial charge in [0, 0.05) is 24.2 Å². The lowest BCUT2D eigenvalue weighted by Crippen LogP contribution is -2.47. The molecule has 0 saturated carbocycles. The first-order chi connectivity index (χ1) is 8.63. The molecule has 98 valence electrons. The number of amides is 1. The van der Waals surface area contributed by atoms with E-state index in [2.05, 4.69) is 13.8 Å². The monoisotopic (exact) mass is 246 g/mol. The molecule has 18 heavy (non-hydrogen) atoms. The molecule has 3 nitrogen and oxygen atoms in total. The van der Waals surface area contributed by atoms with E-state index in [0.29, 0.717) is 18.6 Å². The highest BCUT2D eigenvalue weighted by Crippen LogP contribution is 2.24. The number of nitrogens with two attached hydrogens (primary N) is 1. The summed E-state index contributed by atoms with van der Waals surface area (Å²) in [4.78, 5) is 14.6. The quantitative estimate of drug-likeness (QED) is 0.871. The zero-order valence-electron chi connectivity index (χ0n) is 11.2. The first-order valence-corrected chi connectivity index (χ1v) is 6.75. The molecule has 1 aliphatic rings. The van der Waals surface area contributed by atoms with Gasteiger partial charge in [-0.1, -0.05) is 12.1 Å². The molecule has 1 aromatic rings. The molecule has 1 aliphatic heterocycles. The summed E-state index contributed by atoms with van der Waals surface area (Å²) in [6, 6.07) is 8.34. The first kappa shape index (κ1) is 13.1. The van der Waals surface area contributed by atoms with Crippen molar-refractivity contribution in [2.75, 3.05) is 0 Å². The summed E-state index contributed by atoms with van der Waals surface area (Å²) in [5, 5.41) is 0. The van der Waals surface area contributed by atoms with Gasteiger partial charge in [-0.3, -0.25) is 4.79 Å². The largest absolute Gasteiger partial charge is 0.333 e. The summed E-state index contributed by atoms with van der Waals surface area (Å²) in [6.07, 6.45) is 3.42. The van der Waals surface area contributed by atoms with Crippen molar-refractivity contribution >= 4 is 5.91 Å². The Morgan fingerprint density at radius 1 is 1.33 bits per heavy atom. The molecule has 0 radical (unpaired) electrons. The van der Waals surface area contributed by atoms with Gasteiger partial charge in [-0.15, -0.1) is 0 Å². The second kappa shape index (κ2) is 5.53. The minimum Gasteiger partial charge on any atom is -0.333 e. The number of likely N-dealkylation sites (tertiary alicyclic amines) is 1. The maximum absolute atomic E-state index is 12.6. The van der Waals surface area contributed by atoms with Crippen LogP contribution in [0.2, 0.25) is 0 Å². The van der Waals surface area contributed by atoms with Crippen LogP contribution in [0.5, 0.6) is 0 Å². The SMILES string of the molecule is CC1CCCC(C)N1C(=O)c1cccc(CN)c1. The van der Waals surface area contributed by atoms with Crippen LogP contribution >= 0.6 is 0 Å². The Morgan fingerprint density at radius 3 is 2.61 bits per heavy atom. The van der Waals surface area contributed by atoms with Crippen molar-refractivity contribution < 1.29 is 4.79 Å². The minimum atomic E-state index is 0.144. The second-order valence-electron chi connectivity index (χ2n) is 5.25. The fourth-order valence-corrected chi connectivity index (χ4v) is 2.80. The molecule has 1 fully saturated rings. The van der Waals surface area contributed by atoms with Crippen LogP contribution in [-0.2, 0) is 6.54 Å². The summed E-state index contributed by atoms with van der Waals surface area (Å²) >= 11 is 0. The molecular formula is C15H22N2O. The van der Waals surface area contributed by atoms with Crippen LogP contribution in [0.1, 0.15) is 49.0 Å². The number of benzene rings is 1. The van der Waals surface area contributed by atoms with E-state index in [4.69, 9.17) is 5.73 Å². The maximum Gasteiger partial charge on any atom is 0.254 e. The Kier molecular flexibility index (Phi) is 4.02. The third-order valence-corrected chi connectivity index (χ3v) is 3.84. The Labute approximate surface area is 109 Å². The average Bonchev–Trinajstić information content (AvgIpc) is 2.38. The molecule has 0 bridgehead atoms. The number of carbonyl (C=O) groups is 1. The number of carbonyl (C=O) groups excluding carboxylic acids is 1. The molecule has 1 saturated heterocycles. The number of hydrogen-bond donors (Lipinski definition) is 1. The van der Waals surface area contributed by atoms with Crippen LogP contribution in [0.4, 0.5) is 0 Å². The van der Waals surface area contributed by atoms with Crippen molar-refractivity contribution in [3.8, 4) is 0 Å². The van der Waals surface area contributed by atoms with E-state index in [9.17, 15) is 4.79 Å². The lowest BCUT2D eigenvalue weighted by molar-refractivity contribution is 0.0510. The highest BCUT2D eigenvalue weighted by molar-refractivity contribution is 5.94. The molecular weight excluding hydrogens is 224 g/mol. The van der Waals surface area contributed by atoms with Crippen molar-refractivity contribution in [3.05, 3.63) is 35.4 Å². The van der Waals surface area contributed by atoms with Gasteiger partial charge in [-0.05, 0) is 50.8 Å². The maximum atomic E-state index is 12.6. The molecule has 2 rings (SSSR count). The zero-order valence-corrected chi connectivity index (χ0v) is 11.2. The van der Waals surface area contributed by atoms with Gasteiger partial charge in [-0.25, -0.2) is 0 Å². The van der Waals surface area contributed by atoms with Crippen LogP contribution in [0.15, 0.2) is 24.3 Å². The number of rotatable bonds is 2. The predicted molar refractivity (Wildman–Crippen MR) is 73.3 cm³/mol. The van der Waals surface area contributed by atoms with Gasteiger partial charge in [0.05, 0.1) is 0 Å². The number of hydrogen-bond acceptors (Lipinski definition) is 2. The summed E-state index contributed by atoms with van der Waals surface area (Å²) in [6.45, 7) is 4.76. The molecule has 0 aliphatic carbocycles. The highest BCUT2D eigenvalue weighted by Gasteiger charge is 2.29. The van der Waals surface area contributed by atoms with Gasteiger partial charge in [0.1, 0.15) is 0 Å². The zero-order chi connectivity index (χ0) is 13.1. The van der Waals surface area contributed by atoms with Crippen molar-refractivity contribution in [1.82, 2.24) is 4.90 Å². The predicted octanol–water partition coefficient (Wildman–Crippen LogP) is 2.55. The van der Waals surface area contributed by atoms with Gasteiger partial charge in [0.15, 0.2) is 0 Å². The highest BCUT2D eigenvalue weighted by atomic mass is 16.2. The van der Waals surface area contributed by atoms with Crippen molar-refractivity contribution in [2.45, 2.75) is 51.7 Å². The van der Waals surface area contributed by atoms with Crippen molar-refractivity contribution in [1.29, 1.82) is 0 Å². The van der Waals surface area contributed by atoms with Gasteiger partial charge in [0.2, 0.25) is 0 Å². The molecule has 0 aromatic heterocycles. The van der Waals surface area contributed by atoms with E-state index in [-0.39, 0.29) is 5.91 Å². The summed E-state index contributed by atoms with van der Waals surface area (Å²) in [7, 11) is 0. The molecule has 2 unspecified atom stereocenters. The molecule has 2 atom stereocenters. The minimum absolute atomic E-state index is 0.144. The number of piperidine rings is 1. The Balaban J connectivity index is 2.23. The van der Waals surface area contributed by atoms with Gasteiger partial charge in [0.25, 0.3) is 5.91 Å². The smallest absolute Gasteiger partial charge is 0.254 e. The standard InChI is InChI=1S/C15H22N2O/c1-11-5-3-6-12(2)17(11)15(18)14-8-4-7-13(9-14)10-16/h4,7-9,11-12H,3,5-6,10,16H2,1-2H3. The second-order valence-corrected chi connectivity index (χ2v) is 5.25. The molecule has 0 spiro atoms. The van der Waals surface area contributed by atoms with Crippen molar-refractivity contribution in [2.24, 2.45) is 5.73 Å². The lowest BCUT2D eigenvalue weighted by Gasteiger charge is -2.39. The third-order valence-electron chi connectivity index (χ3n) is 3.84. The lowest BCUT2D eigenvalue weighted by atomic mass is 9.96. The van der Waals surface area contributed by atoms with Crippen LogP contribution in [0.25, 0.3) is 0 Å². The van der Waals surface area contributed by atoms with E-state index in [0.717, 1.165) is 24.0 Å². The van der Waals surface area contributed by atoms with E-state index in [1.165, 1.54) is 6.42 Å². The van der Waals surface area contributed by atoms with E-state index in [1.807, 2.05) is 29.2 Å². The molecule has 1 amide bonds. The van der Waals surface area contributed by atoms with Gasteiger partial charge < -0.3 is 10.6 Å². The van der Waals surface area contributed by atoms with E-state index < -0.39 is 0 Å². The number of nitrogens with zero attached hydrogens (tertiary/aromatic N) is 1. The topological polar surface area (TPSA) is 46.3 Å². The van der Waals surface area contributed by atoms with E-state index >= 15 is 0 Å². The van der Waals surface area contributed by atoms with Crippen LogP contribution in [0, 0.1) is 0 Å². The first-order valence-electron chi connectivity index (χ1n) is 6.75.